The number of carbonyl (C=O) groups is 3. The van der Waals surface area contributed by atoms with Crippen LogP contribution < -0.4 is 5.48 Å². The van der Waals surface area contributed by atoms with E-state index in [0.29, 0.717) is 30.5 Å². The monoisotopic (exact) mass is 603 g/mol. The molecule has 234 valence electrons. The van der Waals surface area contributed by atoms with Crippen LogP contribution in [0.1, 0.15) is 74.0 Å². The molecule has 4 rings (SSSR count). The highest BCUT2D eigenvalue weighted by Gasteiger charge is 2.38. The zero-order valence-corrected chi connectivity index (χ0v) is 24.9. The van der Waals surface area contributed by atoms with E-state index in [2.05, 4.69) is 62.9 Å². The Kier molecular flexibility index (Phi) is 11.1. The zero-order chi connectivity index (χ0) is 31.9. The molecule has 2 amide bonds. The van der Waals surface area contributed by atoms with E-state index >= 15 is 0 Å². The molecule has 8 nitrogen and oxygen atoms in total. The normalized spacial score (nSPS) is 20.4. The van der Waals surface area contributed by atoms with Crippen molar-refractivity contribution in [3.63, 3.8) is 0 Å². The predicted molar refractivity (Wildman–Crippen MR) is 156 cm³/mol. The van der Waals surface area contributed by atoms with E-state index in [-0.39, 0.29) is 18.0 Å². The van der Waals surface area contributed by atoms with Crippen molar-refractivity contribution in [1.82, 2.24) is 15.3 Å². The van der Waals surface area contributed by atoms with Crippen LogP contribution in [-0.4, -0.2) is 69.2 Å². The lowest BCUT2D eigenvalue weighted by Gasteiger charge is -2.44. The third-order valence-corrected chi connectivity index (χ3v) is 8.00. The summed E-state index contributed by atoms with van der Waals surface area (Å²) >= 11 is 0. The molecule has 1 heterocycles. The highest BCUT2D eigenvalue weighted by Crippen LogP contribution is 2.38. The average Bonchev–Trinajstić information content (AvgIpc) is 2.94. The number of nitrogens with zero attached hydrogens (tertiary/aromatic N) is 2. The van der Waals surface area contributed by atoms with Crippen LogP contribution in [0.25, 0.3) is 5.57 Å². The van der Waals surface area contributed by atoms with Gasteiger partial charge in [0.25, 0.3) is 5.91 Å². The number of carboxylic acids is 1. The van der Waals surface area contributed by atoms with E-state index in [0.717, 1.165) is 30.5 Å². The smallest absolute Gasteiger partial charge is 0.475 e. The molecule has 2 aromatic rings. The first-order valence-corrected chi connectivity index (χ1v) is 14.2. The van der Waals surface area contributed by atoms with Gasteiger partial charge in [-0.2, -0.15) is 13.2 Å². The fourth-order valence-electron chi connectivity index (χ4n) is 5.42. The third-order valence-electron chi connectivity index (χ3n) is 8.00. The van der Waals surface area contributed by atoms with Crippen LogP contribution in [0.4, 0.5) is 13.2 Å². The maximum atomic E-state index is 13.3. The molecule has 0 unspecified atom stereocenters. The highest BCUT2D eigenvalue weighted by molar-refractivity contribution is 5.93. The van der Waals surface area contributed by atoms with Crippen molar-refractivity contribution in [3.8, 4) is 0 Å². The maximum absolute atomic E-state index is 13.3. The average molecular weight is 604 g/mol. The van der Waals surface area contributed by atoms with Crippen LogP contribution in [0.2, 0.25) is 0 Å². The van der Waals surface area contributed by atoms with Crippen LogP contribution in [0, 0.1) is 5.41 Å². The van der Waals surface area contributed by atoms with Crippen molar-refractivity contribution in [2.24, 2.45) is 5.41 Å². The summed E-state index contributed by atoms with van der Waals surface area (Å²) in [6, 6.07) is 16.2. The number of amides is 2. The second-order valence-corrected chi connectivity index (χ2v) is 12.1. The van der Waals surface area contributed by atoms with Gasteiger partial charge >= 0.3 is 12.1 Å². The molecule has 0 bridgehead atoms. The summed E-state index contributed by atoms with van der Waals surface area (Å²) in [6.07, 6.45) is 1.12. The van der Waals surface area contributed by atoms with Crippen LogP contribution in [0.5, 0.6) is 0 Å². The SMILES string of the molecule is C[C@@H]1CN(C(=O)Cc2cccc(C3=CCC(C)(C)CC3)c2)C[C@H](C)N1Cc1ccc(C(=O)NO)cc1.O=C(O)C(F)(F)F. The largest absolute Gasteiger partial charge is 0.490 e. The Hall–Kier alpha value is -3.70. The van der Waals surface area contributed by atoms with Crippen LogP contribution in [0.3, 0.4) is 0 Å². The van der Waals surface area contributed by atoms with Gasteiger partial charge in [-0.05, 0) is 72.9 Å². The molecule has 0 radical (unpaired) electrons. The molecule has 2 aromatic carbocycles. The molecule has 1 fully saturated rings. The molecule has 1 aliphatic heterocycles. The van der Waals surface area contributed by atoms with Crippen LogP contribution in [-0.2, 0) is 22.6 Å². The Morgan fingerprint density at radius 3 is 2.12 bits per heavy atom. The topological polar surface area (TPSA) is 110 Å². The Morgan fingerprint density at radius 2 is 1.60 bits per heavy atom. The number of benzene rings is 2. The Morgan fingerprint density at radius 1 is 1.00 bits per heavy atom. The van der Waals surface area contributed by atoms with Gasteiger partial charge in [-0.25, -0.2) is 10.3 Å². The fraction of sp³-hybridized carbons (Fsp3) is 0.469. The minimum atomic E-state index is -5.08. The summed E-state index contributed by atoms with van der Waals surface area (Å²) in [6.45, 7) is 11.1. The van der Waals surface area contributed by atoms with Gasteiger partial charge in [0, 0.05) is 37.3 Å². The number of allylic oxidation sites excluding steroid dienone is 2. The van der Waals surface area contributed by atoms with E-state index in [1.165, 1.54) is 17.6 Å². The van der Waals surface area contributed by atoms with Gasteiger partial charge in [0.1, 0.15) is 0 Å². The number of alkyl halides is 3. The summed E-state index contributed by atoms with van der Waals surface area (Å²) in [4.78, 5) is 38.1. The number of aliphatic carboxylic acids is 1. The third kappa shape index (κ3) is 9.65. The molecule has 2 atom stereocenters. The Labute approximate surface area is 250 Å². The summed E-state index contributed by atoms with van der Waals surface area (Å²) in [5, 5.41) is 15.9. The van der Waals surface area contributed by atoms with Gasteiger partial charge in [0.05, 0.1) is 6.42 Å². The minimum absolute atomic E-state index is 0.184. The quantitative estimate of drug-likeness (QED) is 0.289. The van der Waals surface area contributed by atoms with E-state index in [1.807, 2.05) is 17.0 Å². The van der Waals surface area contributed by atoms with Gasteiger partial charge in [-0.15, -0.1) is 0 Å². The number of carboxylic acid groups (broad SMARTS) is 1. The molecule has 0 aromatic heterocycles. The lowest BCUT2D eigenvalue weighted by atomic mass is 9.77. The fourth-order valence-corrected chi connectivity index (χ4v) is 5.42. The lowest BCUT2D eigenvalue weighted by Crippen LogP contribution is -2.57. The van der Waals surface area contributed by atoms with Gasteiger partial charge in [0.2, 0.25) is 5.91 Å². The highest BCUT2D eigenvalue weighted by atomic mass is 19.4. The molecule has 11 heteroatoms. The molecule has 2 aliphatic rings. The zero-order valence-electron chi connectivity index (χ0n) is 24.9. The second kappa shape index (κ2) is 14.2. The standard InChI is InChI=1S/C30H39N3O3.C2HF3O2/c1-21-18-32(19-22(2)33(21)20-23-8-10-26(11-9-23)29(35)31-36)28(34)17-24-6-5-7-27(16-24)25-12-14-30(3,4)15-13-25;3-2(4,5)1(6)7/h5-12,16,21-22,36H,13-15,17-20H2,1-4H3,(H,31,35);(H,6,7)/t21-,22+;. The van der Waals surface area contributed by atoms with E-state index in [4.69, 9.17) is 15.1 Å². The number of hydrogen-bond donors (Lipinski definition) is 3. The Balaban J connectivity index is 0.000000646. The van der Waals surface area contributed by atoms with Crippen molar-refractivity contribution in [2.75, 3.05) is 13.1 Å². The van der Waals surface area contributed by atoms with Crippen molar-refractivity contribution in [3.05, 3.63) is 76.9 Å². The molecular formula is C32H40F3N3O5. The lowest BCUT2D eigenvalue weighted by molar-refractivity contribution is -0.192. The summed E-state index contributed by atoms with van der Waals surface area (Å²) in [7, 11) is 0. The molecule has 1 saturated heterocycles. The van der Waals surface area contributed by atoms with Crippen molar-refractivity contribution in [2.45, 2.75) is 78.2 Å². The van der Waals surface area contributed by atoms with Gasteiger partial charge in [0.15, 0.2) is 0 Å². The Bertz CT molecular complexity index is 1310. The molecular weight excluding hydrogens is 563 g/mol. The first-order valence-electron chi connectivity index (χ1n) is 14.2. The number of hydrogen-bond acceptors (Lipinski definition) is 5. The number of piperazine rings is 1. The van der Waals surface area contributed by atoms with Crippen molar-refractivity contribution < 1.29 is 37.9 Å². The number of rotatable bonds is 6. The van der Waals surface area contributed by atoms with Crippen molar-refractivity contribution in [1.29, 1.82) is 0 Å². The van der Waals surface area contributed by atoms with E-state index in [1.54, 1.807) is 17.6 Å². The molecule has 0 saturated carbocycles. The van der Waals surface area contributed by atoms with Gasteiger partial charge < -0.3 is 10.0 Å². The van der Waals surface area contributed by atoms with Gasteiger partial charge in [-0.1, -0.05) is 56.3 Å². The number of nitrogens with one attached hydrogen (secondary N) is 1. The van der Waals surface area contributed by atoms with Crippen LogP contribution >= 0.6 is 0 Å². The first kappa shape index (κ1) is 33.8. The number of hydroxylamine groups is 1. The van der Waals surface area contributed by atoms with E-state index in [9.17, 15) is 22.8 Å². The number of carbonyl (C=O) groups excluding carboxylic acids is 2. The molecule has 3 N–H and O–H groups in total. The minimum Gasteiger partial charge on any atom is -0.475 e. The summed E-state index contributed by atoms with van der Waals surface area (Å²) in [5.41, 5.74) is 7.31. The summed E-state index contributed by atoms with van der Waals surface area (Å²) < 4.78 is 31.7. The first-order chi connectivity index (χ1) is 20.1. The van der Waals surface area contributed by atoms with Gasteiger partial charge in [-0.3, -0.25) is 19.7 Å². The summed E-state index contributed by atoms with van der Waals surface area (Å²) in [5.74, 6) is -3.09. The molecule has 43 heavy (non-hydrogen) atoms. The maximum Gasteiger partial charge on any atom is 0.490 e. The second-order valence-electron chi connectivity index (χ2n) is 12.1. The van der Waals surface area contributed by atoms with Crippen molar-refractivity contribution >= 4 is 23.4 Å². The number of halogens is 3. The van der Waals surface area contributed by atoms with Crippen LogP contribution in [0.15, 0.2) is 54.6 Å². The molecule has 0 spiro atoms. The van der Waals surface area contributed by atoms with E-state index < -0.39 is 18.1 Å². The predicted octanol–water partition coefficient (Wildman–Crippen LogP) is 5.70. The molecule has 1 aliphatic carbocycles.